The predicted molar refractivity (Wildman–Crippen MR) is 84.5 cm³/mol. The summed E-state index contributed by atoms with van der Waals surface area (Å²) in [5.74, 6) is 2.36. The van der Waals surface area contributed by atoms with Crippen molar-refractivity contribution in [3.63, 3.8) is 0 Å². The van der Waals surface area contributed by atoms with Crippen LogP contribution < -0.4 is 16.0 Å². The molecule has 1 unspecified atom stereocenters. The minimum Gasteiger partial charge on any atom is -0.370 e. The molecule has 6 heteroatoms. The molecule has 2 rings (SSSR count). The van der Waals surface area contributed by atoms with Gasteiger partial charge in [-0.05, 0) is 26.2 Å². The van der Waals surface area contributed by atoms with E-state index < -0.39 is 0 Å². The number of primary amides is 1. The maximum Gasteiger partial charge on any atom is 0.240 e. The number of nitrogens with two attached hydrogens (primary N) is 1. The number of aromatic nitrogens is 2. The molecule has 1 aliphatic rings. The van der Waals surface area contributed by atoms with Crippen molar-refractivity contribution >= 4 is 17.5 Å². The normalized spacial score (nSPS) is 18.9. The van der Waals surface area contributed by atoms with Crippen molar-refractivity contribution in [2.45, 2.75) is 52.0 Å². The molecule has 116 valence electrons. The minimum atomic E-state index is -0.274. The molecule has 0 bridgehead atoms. The van der Waals surface area contributed by atoms with Crippen LogP contribution >= 0.6 is 0 Å². The number of hydrogen-bond acceptors (Lipinski definition) is 5. The number of rotatable bonds is 5. The van der Waals surface area contributed by atoms with Gasteiger partial charge in [0.25, 0.3) is 0 Å². The number of carbonyl (C=O) groups excluding carboxylic acids is 1. The number of anilines is 2. The molecule has 1 aliphatic heterocycles. The Bertz CT molecular complexity index is 503. The minimum absolute atomic E-state index is 0.235. The second-order valence-corrected chi connectivity index (χ2v) is 5.76. The van der Waals surface area contributed by atoms with Crippen LogP contribution in [0.4, 0.5) is 11.6 Å². The number of carbonyl (C=O) groups is 1. The molecule has 3 N–H and O–H groups in total. The molecular weight excluding hydrogens is 266 g/mol. The molecule has 0 aliphatic carbocycles. The first kappa shape index (κ1) is 15.5. The van der Waals surface area contributed by atoms with Crippen LogP contribution in [0, 0.1) is 0 Å². The van der Waals surface area contributed by atoms with Gasteiger partial charge in [-0.3, -0.25) is 4.79 Å². The Hall–Kier alpha value is -1.85. The van der Waals surface area contributed by atoms with Crippen LogP contribution in [-0.4, -0.2) is 35.0 Å². The van der Waals surface area contributed by atoms with E-state index in [2.05, 4.69) is 29.1 Å². The van der Waals surface area contributed by atoms with E-state index in [1.165, 1.54) is 0 Å². The van der Waals surface area contributed by atoms with Gasteiger partial charge >= 0.3 is 0 Å². The number of nitrogens with zero attached hydrogens (tertiary/aromatic N) is 3. The van der Waals surface area contributed by atoms with Crippen LogP contribution in [0.25, 0.3) is 0 Å². The van der Waals surface area contributed by atoms with Gasteiger partial charge in [-0.2, -0.15) is 0 Å². The molecule has 1 saturated heterocycles. The monoisotopic (exact) mass is 291 g/mol. The van der Waals surface area contributed by atoms with E-state index in [9.17, 15) is 4.79 Å². The van der Waals surface area contributed by atoms with Crippen molar-refractivity contribution in [2.24, 2.45) is 5.73 Å². The molecule has 1 aromatic rings. The van der Waals surface area contributed by atoms with Gasteiger partial charge in [-0.15, -0.1) is 0 Å². The number of hydrogen-bond donors (Lipinski definition) is 2. The quantitative estimate of drug-likeness (QED) is 0.865. The number of nitrogens with one attached hydrogen (secondary N) is 1. The van der Waals surface area contributed by atoms with E-state index in [-0.39, 0.29) is 17.9 Å². The summed E-state index contributed by atoms with van der Waals surface area (Å²) in [6.45, 7) is 7.78. The van der Waals surface area contributed by atoms with Crippen molar-refractivity contribution < 1.29 is 4.79 Å². The van der Waals surface area contributed by atoms with Gasteiger partial charge in [0.2, 0.25) is 5.91 Å². The third-order valence-corrected chi connectivity index (χ3v) is 3.73. The van der Waals surface area contributed by atoms with Gasteiger partial charge in [0.1, 0.15) is 23.5 Å². The van der Waals surface area contributed by atoms with Crippen molar-refractivity contribution in [3.05, 3.63) is 11.9 Å². The molecule has 6 nitrogen and oxygen atoms in total. The molecule has 0 aromatic carbocycles. The second-order valence-electron chi connectivity index (χ2n) is 5.76. The van der Waals surface area contributed by atoms with Crippen molar-refractivity contribution in [1.29, 1.82) is 0 Å². The Morgan fingerprint density at radius 1 is 1.48 bits per heavy atom. The van der Waals surface area contributed by atoms with Crippen molar-refractivity contribution in [2.75, 3.05) is 23.3 Å². The average molecular weight is 291 g/mol. The fourth-order valence-electron chi connectivity index (χ4n) is 2.63. The first-order valence-electron chi connectivity index (χ1n) is 7.71. The lowest BCUT2D eigenvalue weighted by molar-refractivity contribution is -0.119. The molecule has 21 heavy (non-hydrogen) atoms. The smallest absolute Gasteiger partial charge is 0.240 e. The fraction of sp³-hybridized carbons (Fsp3) is 0.667. The Balaban J connectivity index is 2.37. The molecule has 2 heterocycles. The summed E-state index contributed by atoms with van der Waals surface area (Å²) in [5.41, 5.74) is 5.55. The van der Waals surface area contributed by atoms with Gasteiger partial charge in [0.15, 0.2) is 0 Å². The van der Waals surface area contributed by atoms with Gasteiger partial charge in [0, 0.05) is 25.1 Å². The molecule has 0 spiro atoms. The van der Waals surface area contributed by atoms with Crippen LogP contribution in [0.1, 0.15) is 51.8 Å². The molecule has 1 amide bonds. The first-order chi connectivity index (χ1) is 10.0. The topological polar surface area (TPSA) is 84.1 Å². The molecule has 1 fully saturated rings. The Labute approximate surface area is 126 Å². The average Bonchev–Trinajstić information content (AvgIpc) is 2.47. The van der Waals surface area contributed by atoms with Gasteiger partial charge in [-0.1, -0.05) is 13.8 Å². The fourth-order valence-corrected chi connectivity index (χ4v) is 2.63. The van der Waals surface area contributed by atoms with E-state index in [0.29, 0.717) is 0 Å². The lowest BCUT2D eigenvalue weighted by Gasteiger charge is -2.35. The van der Waals surface area contributed by atoms with E-state index in [0.717, 1.165) is 49.8 Å². The van der Waals surface area contributed by atoms with Crippen LogP contribution in [0.2, 0.25) is 0 Å². The Morgan fingerprint density at radius 2 is 2.24 bits per heavy atom. The molecular formula is C15H25N5O. The van der Waals surface area contributed by atoms with Gasteiger partial charge in [0.05, 0.1) is 0 Å². The first-order valence-corrected chi connectivity index (χ1v) is 7.71. The van der Waals surface area contributed by atoms with Crippen LogP contribution in [0.15, 0.2) is 6.07 Å². The summed E-state index contributed by atoms with van der Waals surface area (Å²) in [5, 5.41) is 3.23. The van der Waals surface area contributed by atoms with Crippen molar-refractivity contribution in [3.8, 4) is 0 Å². The van der Waals surface area contributed by atoms with Crippen molar-refractivity contribution in [1.82, 2.24) is 9.97 Å². The lowest BCUT2D eigenvalue weighted by Crippen LogP contribution is -2.48. The highest BCUT2D eigenvalue weighted by Crippen LogP contribution is 2.26. The Morgan fingerprint density at radius 3 is 2.86 bits per heavy atom. The zero-order valence-corrected chi connectivity index (χ0v) is 13.1. The van der Waals surface area contributed by atoms with E-state index >= 15 is 0 Å². The molecule has 1 aromatic heterocycles. The molecule has 0 radical (unpaired) electrons. The maximum absolute atomic E-state index is 11.7. The number of amides is 1. The highest BCUT2D eigenvalue weighted by atomic mass is 16.1. The largest absolute Gasteiger partial charge is 0.370 e. The van der Waals surface area contributed by atoms with Gasteiger partial charge < -0.3 is 16.0 Å². The maximum atomic E-state index is 11.7. The molecule has 1 atom stereocenters. The summed E-state index contributed by atoms with van der Waals surface area (Å²) in [6.07, 6.45) is 2.89. The highest BCUT2D eigenvalue weighted by Gasteiger charge is 2.28. The lowest BCUT2D eigenvalue weighted by atomic mass is 10.0. The molecule has 0 saturated carbocycles. The van der Waals surface area contributed by atoms with E-state index in [1.54, 1.807) is 0 Å². The van der Waals surface area contributed by atoms with Gasteiger partial charge in [-0.25, -0.2) is 9.97 Å². The van der Waals surface area contributed by atoms with Crippen LogP contribution in [0.3, 0.4) is 0 Å². The zero-order valence-electron chi connectivity index (χ0n) is 13.1. The third-order valence-electron chi connectivity index (χ3n) is 3.73. The third kappa shape index (κ3) is 3.62. The Kier molecular flexibility index (Phi) is 4.98. The second kappa shape index (κ2) is 6.74. The summed E-state index contributed by atoms with van der Waals surface area (Å²) in [7, 11) is 0. The number of piperidine rings is 1. The van der Waals surface area contributed by atoms with Crippen LogP contribution in [-0.2, 0) is 4.79 Å². The zero-order chi connectivity index (χ0) is 15.4. The van der Waals surface area contributed by atoms with E-state index in [4.69, 9.17) is 5.73 Å². The summed E-state index contributed by atoms with van der Waals surface area (Å²) in [4.78, 5) is 22.9. The summed E-state index contributed by atoms with van der Waals surface area (Å²) >= 11 is 0. The summed E-state index contributed by atoms with van der Waals surface area (Å²) < 4.78 is 0. The SMILES string of the molecule is CCNc1cc(N2CCCCC2C(N)=O)nc(C(C)C)n1. The predicted octanol–water partition coefficient (Wildman–Crippen LogP) is 1.88. The highest BCUT2D eigenvalue weighted by molar-refractivity contribution is 5.83. The van der Waals surface area contributed by atoms with Crippen LogP contribution in [0.5, 0.6) is 0 Å². The summed E-state index contributed by atoms with van der Waals surface area (Å²) in [6, 6.07) is 1.65. The van der Waals surface area contributed by atoms with E-state index in [1.807, 2.05) is 17.9 Å². The standard InChI is InChI=1S/C15H25N5O/c1-4-17-12-9-13(19-15(18-12)10(2)3)20-8-6-5-7-11(20)14(16)21/h9-11H,4-8H2,1-3H3,(H2,16,21)(H,17,18,19).